The highest BCUT2D eigenvalue weighted by Crippen LogP contribution is 2.22. The number of aromatic amines is 1. The minimum atomic E-state index is -0.707. The van der Waals surface area contributed by atoms with Crippen LogP contribution in [0.25, 0.3) is 10.9 Å². The first-order chi connectivity index (χ1) is 10.6. The summed E-state index contributed by atoms with van der Waals surface area (Å²) >= 11 is 0. The summed E-state index contributed by atoms with van der Waals surface area (Å²) in [5, 5.41) is 1.07. The molecule has 2 aromatic rings. The average molecular weight is 301 g/mol. The van der Waals surface area contributed by atoms with E-state index in [1.807, 2.05) is 44.3 Å². The summed E-state index contributed by atoms with van der Waals surface area (Å²) in [7, 11) is 0. The van der Waals surface area contributed by atoms with Gasteiger partial charge in [0.15, 0.2) is 11.9 Å². The van der Waals surface area contributed by atoms with E-state index in [9.17, 15) is 9.59 Å². The number of para-hydroxylation sites is 1. The van der Waals surface area contributed by atoms with Crippen LogP contribution in [0, 0.1) is 5.92 Å². The first kappa shape index (κ1) is 16.3. The van der Waals surface area contributed by atoms with E-state index in [0.29, 0.717) is 6.42 Å². The Morgan fingerprint density at radius 3 is 2.64 bits per heavy atom. The fourth-order valence-corrected chi connectivity index (χ4v) is 2.46. The number of ketones is 1. The van der Waals surface area contributed by atoms with Crippen molar-refractivity contribution in [3.8, 4) is 0 Å². The van der Waals surface area contributed by atoms with E-state index in [-0.39, 0.29) is 24.1 Å². The van der Waals surface area contributed by atoms with Crippen molar-refractivity contribution < 1.29 is 14.3 Å². The summed E-state index contributed by atoms with van der Waals surface area (Å²) in [6.07, 6.45) is 2.62. The summed E-state index contributed by atoms with van der Waals surface area (Å²) in [4.78, 5) is 27.3. The molecule has 0 amide bonds. The Balaban J connectivity index is 2.25. The Hall–Kier alpha value is -2.10. The Labute approximate surface area is 130 Å². The number of Topliss-reactive ketones (excluding diaryl/α,β-unsaturated/α-hetero) is 1. The molecule has 0 fully saturated rings. The van der Waals surface area contributed by atoms with Crippen LogP contribution in [-0.2, 0) is 20.7 Å². The molecule has 2 atom stereocenters. The number of esters is 1. The molecule has 4 nitrogen and oxygen atoms in total. The molecule has 0 aliphatic rings. The van der Waals surface area contributed by atoms with E-state index in [1.165, 1.54) is 0 Å². The molecule has 0 saturated carbocycles. The summed E-state index contributed by atoms with van der Waals surface area (Å²) in [6.45, 7) is 5.58. The summed E-state index contributed by atoms with van der Waals surface area (Å²) in [6, 6.07) is 7.92. The molecule has 118 valence electrons. The molecular weight excluding hydrogens is 278 g/mol. The lowest BCUT2D eigenvalue weighted by Gasteiger charge is -2.19. The van der Waals surface area contributed by atoms with E-state index in [0.717, 1.165) is 22.9 Å². The second kappa shape index (κ2) is 7.25. The normalized spacial score (nSPS) is 13.8. The van der Waals surface area contributed by atoms with Gasteiger partial charge in [0.1, 0.15) is 0 Å². The zero-order valence-electron chi connectivity index (χ0n) is 13.4. The molecule has 0 aliphatic heterocycles. The second-order valence-corrected chi connectivity index (χ2v) is 5.61. The quantitative estimate of drug-likeness (QED) is 0.794. The zero-order chi connectivity index (χ0) is 16.1. The van der Waals surface area contributed by atoms with Gasteiger partial charge >= 0.3 is 5.97 Å². The van der Waals surface area contributed by atoms with Crippen molar-refractivity contribution in [1.82, 2.24) is 4.98 Å². The number of carbonyl (C=O) groups is 2. The molecule has 22 heavy (non-hydrogen) atoms. The lowest BCUT2D eigenvalue weighted by atomic mass is 9.94. The van der Waals surface area contributed by atoms with Gasteiger partial charge in [-0.25, -0.2) is 0 Å². The van der Waals surface area contributed by atoms with E-state index in [2.05, 4.69) is 4.98 Å². The number of benzene rings is 1. The van der Waals surface area contributed by atoms with Gasteiger partial charge in [-0.3, -0.25) is 9.59 Å². The van der Waals surface area contributed by atoms with Crippen LogP contribution in [0.5, 0.6) is 0 Å². The third-order valence-corrected chi connectivity index (χ3v) is 4.06. The fourth-order valence-electron chi connectivity index (χ4n) is 2.46. The molecule has 1 aromatic carbocycles. The number of fused-ring (bicyclic) bond motifs is 1. The van der Waals surface area contributed by atoms with Crippen LogP contribution < -0.4 is 0 Å². The predicted octanol–water partition coefficient (Wildman–Crippen LogP) is 3.65. The second-order valence-electron chi connectivity index (χ2n) is 5.61. The number of H-pyrrole nitrogens is 1. The molecule has 0 saturated heterocycles. The first-order valence-electron chi connectivity index (χ1n) is 7.85. The van der Waals surface area contributed by atoms with Gasteiger partial charge in [0.2, 0.25) is 0 Å². The number of hydrogen-bond acceptors (Lipinski definition) is 3. The Morgan fingerprint density at radius 2 is 1.95 bits per heavy atom. The number of carbonyl (C=O) groups excluding carboxylic acids is 2. The summed E-state index contributed by atoms with van der Waals surface area (Å²) in [5.41, 5.74) is 2.02. The molecule has 0 bridgehead atoms. The smallest absolute Gasteiger partial charge is 0.306 e. The van der Waals surface area contributed by atoms with Crippen LogP contribution in [0.2, 0.25) is 0 Å². The molecular formula is C18H23NO3. The summed E-state index contributed by atoms with van der Waals surface area (Å²) in [5.74, 6) is -0.448. The average Bonchev–Trinajstić information content (AvgIpc) is 2.95. The summed E-state index contributed by atoms with van der Waals surface area (Å²) < 4.78 is 5.40. The third-order valence-electron chi connectivity index (χ3n) is 4.06. The number of aromatic nitrogens is 1. The van der Waals surface area contributed by atoms with E-state index >= 15 is 0 Å². The highest BCUT2D eigenvalue weighted by molar-refractivity contribution is 5.89. The van der Waals surface area contributed by atoms with Crippen LogP contribution >= 0.6 is 0 Å². The molecule has 0 spiro atoms. The standard InChI is InChI=1S/C18H23NO3/c1-4-12(3)18(21)16(22-17(20)5-2)10-13-11-19-15-9-7-6-8-14(13)15/h6-9,11-12,16,19H,4-5,10H2,1-3H3/t12-,16-/m0/s1. The maximum Gasteiger partial charge on any atom is 0.306 e. The van der Waals surface area contributed by atoms with Gasteiger partial charge in [-0.15, -0.1) is 0 Å². The van der Waals surface area contributed by atoms with Crippen molar-refractivity contribution in [3.05, 3.63) is 36.0 Å². The Kier molecular flexibility index (Phi) is 5.36. The molecule has 1 aromatic heterocycles. The van der Waals surface area contributed by atoms with Crippen LogP contribution in [0.1, 0.15) is 39.2 Å². The maximum absolute atomic E-state index is 12.5. The molecule has 1 heterocycles. The molecule has 0 radical (unpaired) electrons. The van der Waals surface area contributed by atoms with Crippen molar-refractivity contribution in [2.75, 3.05) is 0 Å². The van der Waals surface area contributed by atoms with Crippen molar-refractivity contribution in [1.29, 1.82) is 0 Å². The highest BCUT2D eigenvalue weighted by Gasteiger charge is 2.27. The van der Waals surface area contributed by atoms with Gasteiger partial charge in [0.25, 0.3) is 0 Å². The van der Waals surface area contributed by atoms with Crippen LogP contribution in [0.4, 0.5) is 0 Å². The Morgan fingerprint density at radius 1 is 1.23 bits per heavy atom. The number of nitrogens with one attached hydrogen (secondary N) is 1. The fraction of sp³-hybridized carbons (Fsp3) is 0.444. The minimum Gasteiger partial charge on any atom is -0.454 e. The van der Waals surface area contributed by atoms with Crippen molar-refractivity contribution >= 4 is 22.7 Å². The van der Waals surface area contributed by atoms with Gasteiger partial charge < -0.3 is 9.72 Å². The molecule has 1 N–H and O–H groups in total. The molecule has 2 rings (SSSR count). The SMILES string of the molecule is CCC(=O)O[C@@H](Cc1c[nH]c2ccccc12)C(=O)[C@@H](C)CC. The van der Waals surface area contributed by atoms with Gasteiger partial charge in [0.05, 0.1) is 0 Å². The van der Waals surface area contributed by atoms with E-state index in [1.54, 1.807) is 6.92 Å². The lowest BCUT2D eigenvalue weighted by molar-refractivity contribution is -0.156. The molecule has 0 unspecified atom stereocenters. The third kappa shape index (κ3) is 3.56. The van der Waals surface area contributed by atoms with E-state index in [4.69, 9.17) is 4.74 Å². The van der Waals surface area contributed by atoms with Crippen LogP contribution in [0.15, 0.2) is 30.5 Å². The zero-order valence-corrected chi connectivity index (χ0v) is 13.4. The van der Waals surface area contributed by atoms with Crippen LogP contribution in [0.3, 0.4) is 0 Å². The minimum absolute atomic E-state index is 0.00502. The number of ether oxygens (including phenoxy) is 1. The van der Waals surface area contributed by atoms with E-state index < -0.39 is 6.10 Å². The van der Waals surface area contributed by atoms with Gasteiger partial charge in [0, 0.05) is 35.9 Å². The maximum atomic E-state index is 12.5. The van der Waals surface area contributed by atoms with Crippen LogP contribution in [-0.4, -0.2) is 22.8 Å². The monoisotopic (exact) mass is 301 g/mol. The number of hydrogen-bond donors (Lipinski definition) is 1. The van der Waals surface area contributed by atoms with Crippen molar-refractivity contribution in [2.45, 2.75) is 46.1 Å². The predicted molar refractivity (Wildman–Crippen MR) is 86.6 cm³/mol. The molecule has 0 aliphatic carbocycles. The Bertz CT molecular complexity index is 659. The van der Waals surface area contributed by atoms with Crippen molar-refractivity contribution in [3.63, 3.8) is 0 Å². The van der Waals surface area contributed by atoms with Gasteiger partial charge in [-0.05, 0) is 18.1 Å². The first-order valence-corrected chi connectivity index (χ1v) is 7.85. The highest BCUT2D eigenvalue weighted by atomic mass is 16.5. The lowest BCUT2D eigenvalue weighted by Crippen LogP contribution is -2.33. The largest absolute Gasteiger partial charge is 0.454 e. The molecule has 4 heteroatoms. The number of rotatable bonds is 7. The van der Waals surface area contributed by atoms with Gasteiger partial charge in [-0.2, -0.15) is 0 Å². The van der Waals surface area contributed by atoms with Gasteiger partial charge in [-0.1, -0.05) is 39.0 Å². The topological polar surface area (TPSA) is 59.2 Å². The van der Waals surface area contributed by atoms with Crippen molar-refractivity contribution in [2.24, 2.45) is 5.92 Å².